The lowest BCUT2D eigenvalue weighted by molar-refractivity contribution is -0.136. The van der Waals surface area contributed by atoms with Gasteiger partial charge in [-0.2, -0.15) is 0 Å². The lowest BCUT2D eigenvalue weighted by Gasteiger charge is -2.03. The molecule has 0 saturated heterocycles. The number of nitrogens with one attached hydrogen (secondary N) is 2. The quantitative estimate of drug-likeness (QED) is 0.535. The second-order valence-electron chi connectivity index (χ2n) is 5.15. The van der Waals surface area contributed by atoms with Gasteiger partial charge in [-0.25, -0.2) is 9.67 Å². The molecular weight excluding hydrogens is 312 g/mol. The number of carboxylic acids is 1. The van der Waals surface area contributed by atoms with E-state index in [2.05, 4.69) is 25.9 Å². The first-order valence-corrected chi connectivity index (χ1v) is 7.66. The van der Waals surface area contributed by atoms with Crippen LogP contribution in [0.25, 0.3) is 0 Å². The van der Waals surface area contributed by atoms with Crippen LogP contribution in [0.5, 0.6) is 0 Å². The van der Waals surface area contributed by atoms with Crippen LogP contribution in [0.2, 0.25) is 0 Å². The van der Waals surface area contributed by atoms with Gasteiger partial charge in [-0.15, -0.1) is 5.10 Å². The normalized spacial score (nSPS) is 10.3. The molecule has 0 fully saturated rings. The van der Waals surface area contributed by atoms with Crippen molar-refractivity contribution >= 4 is 17.7 Å². The van der Waals surface area contributed by atoms with E-state index < -0.39 is 5.97 Å². The molecule has 2 heterocycles. The van der Waals surface area contributed by atoms with Gasteiger partial charge in [-0.3, -0.25) is 9.59 Å². The van der Waals surface area contributed by atoms with Crippen LogP contribution in [0.15, 0.2) is 30.6 Å². The lowest BCUT2D eigenvalue weighted by Crippen LogP contribution is -2.29. The summed E-state index contributed by atoms with van der Waals surface area (Å²) >= 11 is 0. The van der Waals surface area contributed by atoms with Gasteiger partial charge < -0.3 is 15.7 Å². The molecule has 0 aliphatic rings. The first-order valence-electron chi connectivity index (χ1n) is 7.66. The average Bonchev–Trinajstić information content (AvgIpc) is 2.99. The van der Waals surface area contributed by atoms with Gasteiger partial charge in [-0.1, -0.05) is 11.3 Å². The average molecular weight is 332 g/mol. The van der Waals surface area contributed by atoms with Crippen molar-refractivity contribution in [3.8, 4) is 0 Å². The Morgan fingerprint density at radius 3 is 2.88 bits per heavy atom. The summed E-state index contributed by atoms with van der Waals surface area (Å²) in [6.07, 6.45) is 4.95. The molecule has 2 rings (SSSR count). The highest BCUT2D eigenvalue weighted by molar-refractivity contribution is 5.76. The number of carboxylic acid groups (broad SMARTS) is 1. The first kappa shape index (κ1) is 17.4. The highest BCUT2D eigenvalue weighted by Crippen LogP contribution is 2.02. The maximum absolute atomic E-state index is 11.6. The summed E-state index contributed by atoms with van der Waals surface area (Å²) in [5.74, 6) is -0.402. The zero-order valence-electron chi connectivity index (χ0n) is 13.2. The molecule has 0 aromatic carbocycles. The number of aromatic nitrogens is 4. The van der Waals surface area contributed by atoms with Gasteiger partial charge in [0.05, 0.1) is 12.1 Å². The number of nitrogens with zero attached hydrogens (tertiary/aromatic N) is 4. The summed E-state index contributed by atoms with van der Waals surface area (Å²) in [6, 6.07) is 5.68. The van der Waals surface area contributed by atoms with Crippen molar-refractivity contribution in [3.05, 3.63) is 36.3 Å². The molecule has 2 aromatic rings. The van der Waals surface area contributed by atoms with Crippen LogP contribution in [-0.4, -0.2) is 50.1 Å². The van der Waals surface area contributed by atoms with Gasteiger partial charge >= 0.3 is 5.97 Å². The molecule has 0 spiro atoms. The largest absolute Gasteiger partial charge is 0.481 e. The predicted octanol–water partition coefficient (Wildman–Crippen LogP) is 0.309. The van der Waals surface area contributed by atoms with Crippen molar-refractivity contribution in [2.24, 2.45) is 0 Å². The Bertz CT molecular complexity index is 658. The van der Waals surface area contributed by atoms with Crippen molar-refractivity contribution in [2.45, 2.75) is 25.8 Å². The Kier molecular flexibility index (Phi) is 6.69. The number of hydrogen-bond acceptors (Lipinski definition) is 6. The molecule has 0 unspecified atom stereocenters. The maximum atomic E-state index is 11.6. The number of carbonyl (C=O) groups is 2. The number of pyridine rings is 1. The molecule has 24 heavy (non-hydrogen) atoms. The Hall–Kier alpha value is -2.97. The maximum Gasteiger partial charge on any atom is 0.305 e. The molecule has 0 aliphatic carbocycles. The minimum atomic E-state index is -0.947. The van der Waals surface area contributed by atoms with Crippen LogP contribution in [0, 0.1) is 0 Å². The molecule has 0 saturated carbocycles. The van der Waals surface area contributed by atoms with Crippen molar-refractivity contribution in [1.82, 2.24) is 25.3 Å². The molecule has 128 valence electrons. The molecule has 9 heteroatoms. The highest BCUT2D eigenvalue weighted by atomic mass is 16.4. The molecule has 1 amide bonds. The van der Waals surface area contributed by atoms with E-state index in [1.807, 2.05) is 18.2 Å². The molecule has 3 N–H and O–H groups in total. The molecule has 0 aliphatic heterocycles. The third-order valence-corrected chi connectivity index (χ3v) is 3.13. The number of hydrogen-bond donors (Lipinski definition) is 3. The molecule has 0 bridgehead atoms. The van der Waals surface area contributed by atoms with Crippen LogP contribution in [0.3, 0.4) is 0 Å². The fraction of sp³-hybridized carbons (Fsp3) is 0.400. The van der Waals surface area contributed by atoms with E-state index in [0.717, 1.165) is 30.9 Å². The highest BCUT2D eigenvalue weighted by Gasteiger charge is 2.06. The molecular formula is C15H20N6O3. The summed E-state index contributed by atoms with van der Waals surface area (Å²) in [4.78, 5) is 26.2. The second-order valence-corrected chi connectivity index (χ2v) is 5.15. The topological polar surface area (TPSA) is 122 Å². The monoisotopic (exact) mass is 332 g/mol. The Morgan fingerprint density at radius 1 is 1.25 bits per heavy atom. The zero-order valence-corrected chi connectivity index (χ0v) is 13.2. The van der Waals surface area contributed by atoms with Gasteiger partial charge in [0, 0.05) is 25.5 Å². The van der Waals surface area contributed by atoms with Crippen LogP contribution in [-0.2, 0) is 22.6 Å². The van der Waals surface area contributed by atoms with Crippen molar-refractivity contribution in [3.63, 3.8) is 0 Å². The molecule has 9 nitrogen and oxygen atoms in total. The Morgan fingerprint density at radius 2 is 2.12 bits per heavy atom. The Balaban J connectivity index is 1.65. The van der Waals surface area contributed by atoms with Crippen LogP contribution >= 0.6 is 0 Å². The van der Waals surface area contributed by atoms with E-state index in [0.29, 0.717) is 0 Å². The van der Waals surface area contributed by atoms with Crippen LogP contribution < -0.4 is 10.6 Å². The number of anilines is 1. The molecule has 0 atom stereocenters. The van der Waals surface area contributed by atoms with Gasteiger partial charge in [0.2, 0.25) is 5.91 Å². The minimum absolute atomic E-state index is 0.0266. The number of aryl methyl sites for hydroxylation is 1. The predicted molar refractivity (Wildman–Crippen MR) is 86.3 cm³/mol. The Labute approximate surface area is 139 Å². The number of carbonyl (C=O) groups excluding carboxylic acids is 1. The summed E-state index contributed by atoms with van der Waals surface area (Å²) in [5, 5.41) is 22.1. The van der Waals surface area contributed by atoms with E-state index in [1.54, 1.807) is 12.4 Å². The molecule has 0 radical (unpaired) electrons. The summed E-state index contributed by atoms with van der Waals surface area (Å²) in [5.41, 5.74) is 0.802. The number of amides is 1. The zero-order chi connectivity index (χ0) is 17.2. The fourth-order valence-electron chi connectivity index (χ4n) is 2.00. The van der Waals surface area contributed by atoms with Crippen molar-refractivity contribution in [1.29, 1.82) is 0 Å². The van der Waals surface area contributed by atoms with Gasteiger partial charge in [0.25, 0.3) is 0 Å². The summed E-state index contributed by atoms with van der Waals surface area (Å²) in [6.45, 7) is 0.896. The summed E-state index contributed by atoms with van der Waals surface area (Å²) in [7, 11) is 0. The number of rotatable bonds is 10. The van der Waals surface area contributed by atoms with E-state index >= 15 is 0 Å². The smallest absolute Gasteiger partial charge is 0.305 e. The fourth-order valence-corrected chi connectivity index (χ4v) is 2.00. The number of aliphatic carboxylic acids is 1. The third kappa shape index (κ3) is 6.42. The van der Waals surface area contributed by atoms with Crippen molar-refractivity contribution < 1.29 is 14.7 Å². The van der Waals surface area contributed by atoms with Gasteiger partial charge in [-0.05, 0) is 25.0 Å². The second kappa shape index (κ2) is 9.23. The van der Waals surface area contributed by atoms with Crippen LogP contribution in [0.1, 0.15) is 18.5 Å². The van der Waals surface area contributed by atoms with Crippen LogP contribution in [0.4, 0.5) is 5.82 Å². The van der Waals surface area contributed by atoms with Gasteiger partial charge in [0.15, 0.2) is 0 Å². The summed E-state index contributed by atoms with van der Waals surface area (Å²) < 4.78 is 1.44. The SMILES string of the molecule is O=C(O)CCNC(=O)Cn1cc(CCCNc2ccccn2)nn1. The van der Waals surface area contributed by atoms with E-state index in [9.17, 15) is 9.59 Å². The van der Waals surface area contributed by atoms with E-state index in [1.165, 1.54) is 4.68 Å². The standard InChI is InChI=1S/C15H20N6O3/c22-14(18-9-6-15(23)24)11-21-10-12(19-20-21)4-3-8-17-13-5-1-2-7-16-13/h1-2,5,7,10H,3-4,6,8-9,11H2,(H,16,17)(H,18,22)(H,23,24). The van der Waals surface area contributed by atoms with E-state index in [4.69, 9.17) is 5.11 Å². The lowest BCUT2D eigenvalue weighted by atomic mass is 10.2. The first-order chi connectivity index (χ1) is 11.6. The minimum Gasteiger partial charge on any atom is -0.481 e. The molecule has 2 aromatic heterocycles. The van der Waals surface area contributed by atoms with Gasteiger partial charge in [0.1, 0.15) is 12.4 Å². The third-order valence-electron chi connectivity index (χ3n) is 3.13. The van der Waals surface area contributed by atoms with E-state index in [-0.39, 0.29) is 25.4 Å². The van der Waals surface area contributed by atoms with Crippen molar-refractivity contribution in [2.75, 3.05) is 18.4 Å².